The second-order valence-corrected chi connectivity index (χ2v) is 5.60. The van der Waals surface area contributed by atoms with E-state index in [-0.39, 0.29) is 0 Å². The summed E-state index contributed by atoms with van der Waals surface area (Å²) in [6.07, 6.45) is 3.87. The second-order valence-electron chi connectivity index (χ2n) is 4.44. The van der Waals surface area contributed by atoms with Gasteiger partial charge in [0.1, 0.15) is 0 Å². The maximum Gasteiger partial charge on any atom is 0.174 e. The lowest BCUT2D eigenvalue weighted by Gasteiger charge is -2.12. The zero-order valence-electron chi connectivity index (χ0n) is 11.8. The fraction of sp³-hybridized carbons (Fsp3) is 0.357. The molecule has 0 unspecified atom stereocenters. The van der Waals surface area contributed by atoms with Crippen molar-refractivity contribution in [3.05, 3.63) is 39.2 Å². The number of hydrogen-bond donors (Lipinski definition) is 1. The van der Waals surface area contributed by atoms with Crippen LogP contribution in [-0.4, -0.2) is 24.0 Å². The molecule has 1 heterocycles. The molecule has 108 valence electrons. The maximum atomic E-state index is 5.35. The van der Waals surface area contributed by atoms with Crippen LogP contribution in [0.15, 0.2) is 24.5 Å². The Morgan fingerprint density at radius 3 is 2.55 bits per heavy atom. The fourth-order valence-corrected chi connectivity index (χ4v) is 2.87. The summed E-state index contributed by atoms with van der Waals surface area (Å²) in [5, 5.41) is 7.54. The molecule has 0 aliphatic heterocycles. The van der Waals surface area contributed by atoms with E-state index in [1.165, 1.54) is 5.56 Å². The smallest absolute Gasteiger partial charge is 0.174 e. The third-order valence-corrected chi connectivity index (χ3v) is 3.71. The van der Waals surface area contributed by atoms with Gasteiger partial charge in [0.15, 0.2) is 11.5 Å². The summed E-state index contributed by atoms with van der Waals surface area (Å²) in [5.74, 6) is 1.54. The number of nitrogens with zero attached hydrogens (tertiary/aromatic N) is 2. The number of methoxy groups -OCH3 is 2. The zero-order valence-corrected chi connectivity index (χ0v) is 14.0. The van der Waals surface area contributed by atoms with E-state index in [0.29, 0.717) is 0 Å². The summed E-state index contributed by atoms with van der Waals surface area (Å²) < 4.78 is 13.5. The van der Waals surface area contributed by atoms with Gasteiger partial charge in [0.25, 0.3) is 0 Å². The van der Waals surface area contributed by atoms with E-state index in [9.17, 15) is 0 Å². The number of ether oxygens (including phenoxy) is 2. The third kappa shape index (κ3) is 3.63. The Kier molecular flexibility index (Phi) is 5.24. The van der Waals surface area contributed by atoms with Gasteiger partial charge in [0.2, 0.25) is 0 Å². The van der Waals surface area contributed by atoms with Crippen molar-refractivity contribution in [1.82, 2.24) is 15.1 Å². The first kappa shape index (κ1) is 15.1. The topological polar surface area (TPSA) is 48.3 Å². The summed E-state index contributed by atoms with van der Waals surface area (Å²) in [4.78, 5) is 0. The van der Waals surface area contributed by atoms with Gasteiger partial charge in [-0.05, 0) is 40.3 Å². The zero-order chi connectivity index (χ0) is 14.5. The standard InChI is InChI=1S/C14H18IN3O2/c1-18-9-11(8-17-18)7-16-6-10-4-12(15)14(20-3)13(5-10)19-2/h4-5,8-9,16H,6-7H2,1-3H3. The van der Waals surface area contributed by atoms with Crippen molar-refractivity contribution >= 4 is 22.6 Å². The molecule has 0 aliphatic carbocycles. The molecular weight excluding hydrogens is 369 g/mol. The second kappa shape index (κ2) is 6.94. The van der Waals surface area contributed by atoms with Crippen LogP contribution in [0.1, 0.15) is 11.1 Å². The Morgan fingerprint density at radius 1 is 1.20 bits per heavy atom. The van der Waals surface area contributed by atoms with Crippen LogP contribution >= 0.6 is 22.6 Å². The average molecular weight is 387 g/mol. The van der Waals surface area contributed by atoms with Gasteiger partial charge in [-0.2, -0.15) is 5.10 Å². The van der Waals surface area contributed by atoms with Gasteiger partial charge in [0, 0.05) is 31.9 Å². The van der Waals surface area contributed by atoms with Crippen molar-refractivity contribution in [2.24, 2.45) is 7.05 Å². The van der Waals surface area contributed by atoms with E-state index in [1.54, 1.807) is 18.9 Å². The molecule has 2 aromatic rings. The van der Waals surface area contributed by atoms with Crippen molar-refractivity contribution in [2.45, 2.75) is 13.1 Å². The molecule has 0 amide bonds. The first-order valence-corrected chi connectivity index (χ1v) is 7.30. The molecular formula is C14H18IN3O2. The molecule has 1 N–H and O–H groups in total. The number of benzene rings is 1. The largest absolute Gasteiger partial charge is 0.493 e. The number of nitrogens with one attached hydrogen (secondary N) is 1. The predicted molar refractivity (Wildman–Crippen MR) is 86.0 cm³/mol. The molecule has 0 saturated heterocycles. The molecule has 0 aliphatic rings. The molecule has 20 heavy (non-hydrogen) atoms. The molecule has 5 nitrogen and oxygen atoms in total. The third-order valence-electron chi connectivity index (χ3n) is 2.91. The van der Waals surface area contributed by atoms with Gasteiger partial charge in [-0.25, -0.2) is 0 Å². The van der Waals surface area contributed by atoms with Gasteiger partial charge < -0.3 is 14.8 Å². The van der Waals surface area contributed by atoms with Gasteiger partial charge >= 0.3 is 0 Å². The van der Waals surface area contributed by atoms with Gasteiger partial charge in [-0.1, -0.05) is 0 Å². The molecule has 0 radical (unpaired) electrons. The molecule has 0 bridgehead atoms. The Morgan fingerprint density at radius 2 is 1.95 bits per heavy atom. The minimum Gasteiger partial charge on any atom is -0.493 e. The molecule has 6 heteroatoms. The number of rotatable bonds is 6. The van der Waals surface area contributed by atoms with E-state index in [2.05, 4.69) is 39.1 Å². The summed E-state index contributed by atoms with van der Waals surface area (Å²) in [7, 11) is 5.22. The number of halogens is 1. The summed E-state index contributed by atoms with van der Waals surface area (Å²) >= 11 is 2.26. The number of hydrogen-bond acceptors (Lipinski definition) is 4. The van der Waals surface area contributed by atoms with E-state index in [0.717, 1.165) is 33.7 Å². The quantitative estimate of drug-likeness (QED) is 0.774. The molecule has 0 spiro atoms. The summed E-state index contributed by atoms with van der Waals surface area (Å²) in [6, 6.07) is 4.09. The van der Waals surface area contributed by atoms with Gasteiger partial charge in [0.05, 0.1) is 24.0 Å². The summed E-state index contributed by atoms with van der Waals surface area (Å²) in [6.45, 7) is 1.56. The first-order valence-electron chi connectivity index (χ1n) is 6.22. The van der Waals surface area contributed by atoms with Crippen LogP contribution in [0, 0.1) is 3.57 Å². The molecule has 2 rings (SSSR count). The minimum atomic E-state index is 0.762. The number of aryl methyl sites for hydroxylation is 1. The van der Waals surface area contributed by atoms with Crippen molar-refractivity contribution < 1.29 is 9.47 Å². The van der Waals surface area contributed by atoms with E-state index < -0.39 is 0 Å². The SMILES string of the molecule is COc1cc(CNCc2cnn(C)c2)cc(I)c1OC. The molecule has 0 saturated carbocycles. The highest BCUT2D eigenvalue weighted by molar-refractivity contribution is 14.1. The van der Waals surface area contributed by atoms with Crippen molar-refractivity contribution in [2.75, 3.05) is 14.2 Å². The van der Waals surface area contributed by atoms with E-state index >= 15 is 0 Å². The monoisotopic (exact) mass is 387 g/mol. The highest BCUT2D eigenvalue weighted by Gasteiger charge is 2.10. The lowest BCUT2D eigenvalue weighted by atomic mass is 10.2. The lowest BCUT2D eigenvalue weighted by Crippen LogP contribution is -2.12. The van der Waals surface area contributed by atoms with Crippen LogP contribution in [0.3, 0.4) is 0 Å². The minimum absolute atomic E-state index is 0.762. The lowest BCUT2D eigenvalue weighted by molar-refractivity contribution is 0.352. The van der Waals surface area contributed by atoms with Crippen LogP contribution in [0.25, 0.3) is 0 Å². The first-order chi connectivity index (χ1) is 9.63. The Labute approximate surface area is 132 Å². The molecule has 1 aromatic carbocycles. The molecule has 0 atom stereocenters. The van der Waals surface area contributed by atoms with Crippen LogP contribution in [0.4, 0.5) is 0 Å². The van der Waals surface area contributed by atoms with Crippen molar-refractivity contribution in [1.29, 1.82) is 0 Å². The van der Waals surface area contributed by atoms with E-state index in [1.807, 2.05) is 25.5 Å². The summed E-state index contributed by atoms with van der Waals surface area (Å²) in [5.41, 5.74) is 2.33. The van der Waals surface area contributed by atoms with Crippen LogP contribution in [0.5, 0.6) is 11.5 Å². The Bertz CT molecular complexity index is 584. The van der Waals surface area contributed by atoms with E-state index in [4.69, 9.17) is 9.47 Å². The average Bonchev–Trinajstić information content (AvgIpc) is 2.83. The van der Waals surface area contributed by atoms with Gasteiger partial charge in [-0.3, -0.25) is 4.68 Å². The highest BCUT2D eigenvalue weighted by Crippen LogP contribution is 2.33. The maximum absolute atomic E-state index is 5.35. The fourth-order valence-electron chi connectivity index (χ4n) is 1.99. The van der Waals surface area contributed by atoms with Crippen molar-refractivity contribution in [3.8, 4) is 11.5 Å². The Hall–Kier alpha value is -1.28. The Balaban J connectivity index is 2.01. The van der Waals surface area contributed by atoms with Crippen LogP contribution < -0.4 is 14.8 Å². The predicted octanol–water partition coefficient (Wildman–Crippen LogP) is 2.33. The molecule has 1 aromatic heterocycles. The normalized spacial score (nSPS) is 10.6. The van der Waals surface area contributed by atoms with Crippen molar-refractivity contribution in [3.63, 3.8) is 0 Å². The molecule has 0 fully saturated rings. The highest BCUT2D eigenvalue weighted by atomic mass is 127. The van der Waals surface area contributed by atoms with Crippen LogP contribution in [-0.2, 0) is 20.1 Å². The van der Waals surface area contributed by atoms with Crippen LogP contribution in [0.2, 0.25) is 0 Å². The number of aromatic nitrogens is 2. The van der Waals surface area contributed by atoms with Gasteiger partial charge in [-0.15, -0.1) is 0 Å².